The first-order chi connectivity index (χ1) is 5.20. The van der Waals surface area contributed by atoms with Gasteiger partial charge in [-0.3, -0.25) is 4.79 Å². The largest absolute Gasteiger partial charge is 0.359 e. The number of carbonyl (C=O) groups is 1. The first-order valence-corrected chi connectivity index (χ1v) is 4.08. The topological polar surface area (TPSA) is 29.1 Å². The highest BCUT2D eigenvalue weighted by Crippen LogP contribution is 2.03. The van der Waals surface area contributed by atoms with Crippen molar-refractivity contribution in [2.24, 2.45) is 5.92 Å². The van der Waals surface area contributed by atoms with E-state index in [1.54, 1.807) is 7.05 Å². The van der Waals surface area contributed by atoms with Crippen LogP contribution in [0.15, 0.2) is 12.2 Å². The van der Waals surface area contributed by atoms with Gasteiger partial charge < -0.3 is 5.32 Å². The van der Waals surface area contributed by atoms with Crippen LogP contribution >= 0.6 is 0 Å². The second-order valence-electron chi connectivity index (χ2n) is 2.69. The Morgan fingerprint density at radius 2 is 2.27 bits per heavy atom. The Bertz CT molecular complexity index is 140. The lowest BCUT2D eigenvalue weighted by molar-refractivity contribution is -0.121. The number of allylic oxidation sites excluding steroid dienone is 2. The third-order valence-corrected chi connectivity index (χ3v) is 1.49. The lowest BCUT2D eigenvalue weighted by Gasteiger charge is -2.03. The highest BCUT2D eigenvalue weighted by atomic mass is 16.1. The van der Waals surface area contributed by atoms with Gasteiger partial charge in [0.1, 0.15) is 0 Å². The van der Waals surface area contributed by atoms with Gasteiger partial charge in [0.05, 0.1) is 0 Å². The summed E-state index contributed by atoms with van der Waals surface area (Å²) in [4.78, 5) is 10.8. The Balaban J connectivity index is 3.59. The molecule has 0 aliphatic carbocycles. The van der Waals surface area contributed by atoms with Crippen molar-refractivity contribution in [3.05, 3.63) is 12.2 Å². The number of rotatable bonds is 4. The van der Waals surface area contributed by atoms with Crippen molar-refractivity contribution in [2.75, 3.05) is 7.05 Å². The fraction of sp³-hybridized carbons (Fsp3) is 0.667. The smallest absolute Gasteiger partial charge is 0.220 e. The van der Waals surface area contributed by atoms with E-state index in [-0.39, 0.29) is 5.91 Å². The summed E-state index contributed by atoms with van der Waals surface area (Å²) in [5.41, 5.74) is 0. The van der Waals surface area contributed by atoms with Crippen molar-refractivity contribution >= 4 is 5.91 Å². The van der Waals surface area contributed by atoms with E-state index in [0.29, 0.717) is 12.3 Å². The first kappa shape index (κ1) is 10.2. The van der Waals surface area contributed by atoms with Gasteiger partial charge in [-0.1, -0.05) is 26.0 Å². The molecule has 0 aromatic heterocycles. The molecular formula is C9H17NO. The van der Waals surface area contributed by atoms with E-state index in [1.165, 1.54) is 0 Å². The Labute approximate surface area is 68.7 Å². The maximum absolute atomic E-state index is 10.8. The van der Waals surface area contributed by atoms with Crippen LogP contribution in [0.1, 0.15) is 26.7 Å². The van der Waals surface area contributed by atoms with E-state index in [2.05, 4.69) is 24.4 Å². The van der Waals surface area contributed by atoms with Crippen molar-refractivity contribution in [3.63, 3.8) is 0 Å². The third-order valence-electron chi connectivity index (χ3n) is 1.49. The van der Waals surface area contributed by atoms with Gasteiger partial charge in [0.25, 0.3) is 0 Å². The summed E-state index contributed by atoms with van der Waals surface area (Å²) in [6.45, 7) is 4.13. The summed E-state index contributed by atoms with van der Waals surface area (Å²) in [5, 5.41) is 2.60. The fourth-order valence-corrected chi connectivity index (χ4v) is 0.831. The Morgan fingerprint density at radius 1 is 1.64 bits per heavy atom. The molecule has 0 fully saturated rings. The second kappa shape index (κ2) is 5.96. The monoisotopic (exact) mass is 155 g/mol. The van der Waals surface area contributed by atoms with E-state index in [0.717, 1.165) is 6.42 Å². The number of hydrogen-bond donors (Lipinski definition) is 1. The second-order valence-corrected chi connectivity index (χ2v) is 2.69. The minimum Gasteiger partial charge on any atom is -0.359 e. The van der Waals surface area contributed by atoms with E-state index in [1.807, 2.05) is 6.92 Å². The molecule has 0 aliphatic heterocycles. The van der Waals surface area contributed by atoms with Gasteiger partial charge >= 0.3 is 0 Å². The number of nitrogens with one attached hydrogen (secondary N) is 1. The lowest BCUT2D eigenvalue weighted by Crippen LogP contribution is -2.19. The molecule has 0 saturated heterocycles. The predicted octanol–water partition coefficient (Wildman–Crippen LogP) is 1.72. The standard InChI is InChI=1S/C9H17NO/c1-4-5-6-8(2)7-9(11)10-3/h5-6,8H,4,7H2,1-3H3,(H,10,11)/b6-5+/t8-/m1/s1. The summed E-state index contributed by atoms with van der Waals surface area (Å²) >= 11 is 0. The fourth-order valence-electron chi connectivity index (χ4n) is 0.831. The molecule has 0 aromatic rings. The summed E-state index contributed by atoms with van der Waals surface area (Å²) in [7, 11) is 1.67. The maximum atomic E-state index is 10.8. The van der Waals surface area contributed by atoms with E-state index in [4.69, 9.17) is 0 Å². The Hall–Kier alpha value is -0.790. The molecule has 11 heavy (non-hydrogen) atoms. The van der Waals surface area contributed by atoms with Crippen LogP contribution in [-0.4, -0.2) is 13.0 Å². The highest BCUT2D eigenvalue weighted by molar-refractivity contribution is 5.75. The van der Waals surface area contributed by atoms with Crippen molar-refractivity contribution in [1.29, 1.82) is 0 Å². The molecule has 0 saturated carbocycles. The molecular weight excluding hydrogens is 138 g/mol. The summed E-state index contributed by atoms with van der Waals surface area (Å²) in [6.07, 6.45) is 5.80. The van der Waals surface area contributed by atoms with Crippen LogP contribution in [0.5, 0.6) is 0 Å². The molecule has 0 unspecified atom stereocenters. The number of hydrogen-bond acceptors (Lipinski definition) is 1. The zero-order valence-corrected chi connectivity index (χ0v) is 7.55. The van der Waals surface area contributed by atoms with Crippen LogP contribution in [0, 0.1) is 5.92 Å². The van der Waals surface area contributed by atoms with Crippen molar-refractivity contribution in [1.82, 2.24) is 5.32 Å². The van der Waals surface area contributed by atoms with Gasteiger partial charge in [0.2, 0.25) is 5.91 Å². The van der Waals surface area contributed by atoms with Crippen LogP contribution in [-0.2, 0) is 4.79 Å². The zero-order chi connectivity index (χ0) is 8.69. The third kappa shape index (κ3) is 5.64. The van der Waals surface area contributed by atoms with Crippen LogP contribution < -0.4 is 5.32 Å². The number of carbonyl (C=O) groups excluding carboxylic acids is 1. The van der Waals surface area contributed by atoms with Gasteiger partial charge in [-0.2, -0.15) is 0 Å². The van der Waals surface area contributed by atoms with Gasteiger partial charge in [-0.15, -0.1) is 0 Å². The lowest BCUT2D eigenvalue weighted by atomic mass is 10.1. The minimum atomic E-state index is 0.109. The van der Waals surface area contributed by atoms with Crippen molar-refractivity contribution in [2.45, 2.75) is 26.7 Å². The van der Waals surface area contributed by atoms with Gasteiger partial charge in [-0.25, -0.2) is 0 Å². The molecule has 0 aliphatic rings. The van der Waals surface area contributed by atoms with E-state index >= 15 is 0 Å². The van der Waals surface area contributed by atoms with Gasteiger partial charge in [0.15, 0.2) is 0 Å². The van der Waals surface area contributed by atoms with Gasteiger partial charge in [0, 0.05) is 13.5 Å². The summed E-state index contributed by atoms with van der Waals surface area (Å²) in [5.74, 6) is 0.466. The summed E-state index contributed by atoms with van der Waals surface area (Å²) in [6, 6.07) is 0. The molecule has 0 bridgehead atoms. The SMILES string of the molecule is CC/C=C/[C@@H](C)CC(=O)NC. The average molecular weight is 155 g/mol. The predicted molar refractivity (Wildman–Crippen MR) is 47.3 cm³/mol. The maximum Gasteiger partial charge on any atom is 0.220 e. The normalized spacial score (nSPS) is 13.4. The molecule has 0 heterocycles. The van der Waals surface area contributed by atoms with Crippen LogP contribution in [0.2, 0.25) is 0 Å². The van der Waals surface area contributed by atoms with E-state index < -0.39 is 0 Å². The molecule has 1 atom stereocenters. The highest BCUT2D eigenvalue weighted by Gasteiger charge is 2.02. The van der Waals surface area contributed by atoms with Crippen LogP contribution in [0.4, 0.5) is 0 Å². The summed E-state index contributed by atoms with van der Waals surface area (Å²) < 4.78 is 0. The minimum absolute atomic E-state index is 0.109. The van der Waals surface area contributed by atoms with Crippen molar-refractivity contribution in [3.8, 4) is 0 Å². The van der Waals surface area contributed by atoms with Crippen LogP contribution in [0.25, 0.3) is 0 Å². The average Bonchev–Trinajstić information content (AvgIpc) is 2.00. The molecule has 0 rings (SSSR count). The number of amides is 1. The molecule has 64 valence electrons. The molecule has 1 amide bonds. The molecule has 0 spiro atoms. The Kier molecular flexibility index (Phi) is 5.53. The Morgan fingerprint density at radius 3 is 2.73 bits per heavy atom. The first-order valence-electron chi connectivity index (χ1n) is 4.08. The van der Waals surface area contributed by atoms with Crippen molar-refractivity contribution < 1.29 is 4.79 Å². The molecule has 0 aromatic carbocycles. The van der Waals surface area contributed by atoms with Crippen LogP contribution in [0.3, 0.4) is 0 Å². The van der Waals surface area contributed by atoms with Gasteiger partial charge in [-0.05, 0) is 12.3 Å². The molecule has 1 N–H and O–H groups in total. The molecule has 0 radical (unpaired) electrons. The van der Waals surface area contributed by atoms with E-state index in [9.17, 15) is 4.79 Å². The quantitative estimate of drug-likeness (QED) is 0.615. The molecule has 2 heteroatoms. The molecule has 2 nitrogen and oxygen atoms in total. The zero-order valence-electron chi connectivity index (χ0n) is 7.55.